The fourth-order valence-corrected chi connectivity index (χ4v) is 2.12. The third kappa shape index (κ3) is 2.81. The molecule has 96 valence electrons. The molecule has 6 heteroatoms. The molecule has 0 aliphatic heterocycles. The first-order valence-electron chi connectivity index (χ1n) is 5.58. The molecule has 0 saturated heterocycles. The molecule has 18 heavy (non-hydrogen) atoms. The van der Waals surface area contributed by atoms with Crippen molar-refractivity contribution in [3.63, 3.8) is 0 Å². The second-order valence-electron chi connectivity index (χ2n) is 3.63. The van der Waals surface area contributed by atoms with Crippen molar-refractivity contribution >= 4 is 28.4 Å². The number of anilines is 1. The van der Waals surface area contributed by atoms with Crippen LogP contribution in [-0.4, -0.2) is 23.6 Å². The summed E-state index contributed by atoms with van der Waals surface area (Å²) in [5, 5.41) is 3.23. The first kappa shape index (κ1) is 13.3. The van der Waals surface area contributed by atoms with E-state index in [-0.39, 0.29) is 0 Å². The van der Waals surface area contributed by atoms with Crippen LogP contribution in [0.4, 0.5) is 5.82 Å². The number of halogens is 1. The van der Waals surface area contributed by atoms with Crippen molar-refractivity contribution in [2.75, 3.05) is 19.0 Å². The Morgan fingerprint density at radius 1 is 1.44 bits per heavy atom. The number of hydrogen-bond donors (Lipinski definition) is 1. The van der Waals surface area contributed by atoms with Gasteiger partial charge in [0.2, 0.25) is 0 Å². The topological polar surface area (TPSA) is 60.2 Å². The van der Waals surface area contributed by atoms with Crippen LogP contribution < -0.4 is 5.32 Å². The van der Waals surface area contributed by atoms with Gasteiger partial charge in [0.25, 0.3) is 0 Å². The molecule has 0 amide bonds. The molecule has 0 fully saturated rings. The third-order valence-corrected chi connectivity index (χ3v) is 3.46. The Morgan fingerprint density at radius 2 is 2.28 bits per heavy atom. The molecule has 2 aromatic heterocycles. The van der Waals surface area contributed by atoms with Crippen LogP contribution in [0.15, 0.2) is 23.0 Å². The molecule has 0 aromatic carbocycles. The van der Waals surface area contributed by atoms with E-state index in [2.05, 4.69) is 37.9 Å². The minimum atomic E-state index is 0.462. The van der Waals surface area contributed by atoms with Crippen LogP contribution >= 0.6 is 22.6 Å². The summed E-state index contributed by atoms with van der Waals surface area (Å²) in [5.74, 6) is 1.48. The van der Waals surface area contributed by atoms with E-state index < -0.39 is 0 Å². The highest BCUT2D eigenvalue weighted by atomic mass is 127. The van der Waals surface area contributed by atoms with Crippen molar-refractivity contribution in [1.82, 2.24) is 9.97 Å². The first-order chi connectivity index (χ1) is 8.76. The number of nitrogens with zero attached hydrogens (tertiary/aromatic N) is 2. The maximum Gasteiger partial charge on any atom is 0.165 e. The van der Waals surface area contributed by atoms with Crippen LogP contribution in [0.1, 0.15) is 12.6 Å². The van der Waals surface area contributed by atoms with Crippen molar-refractivity contribution in [3.8, 4) is 11.4 Å². The SMILES string of the molecule is CCNc1nc(-c2ccoc2)nc(COC)c1I. The number of aromatic nitrogens is 2. The average Bonchev–Trinajstić information content (AvgIpc) is 2.88. The molecule has 0 radical (unpaired) electrons. The Morgan fingerprint density at radius 3 is 2.89 bits per heavy atom. The Hall–Kier alpha value is -1.15. The first-order valence-corrected chi connectivity index (χ1v) is 6.66. The molecule has 5 nitrogen and oxygen atoms in total. The van der Waals surface area contributed by atoms with E-state index in [9.17, 15) is 0 Å². The van der Waals surface area contributed by atoms with Gasteiger partial charge in [-0.2, -0.15) is 0 Å². The molecular formula is C12H14IN3O2. The Kier molecular flexibility index (Phi) is 4.54. The van der Waals surface area contributed by atoms with Crippen molar-refractivity contribution in [3.05, 3.63) is 27.9 Å². The summed E-state index contributed by atoms with van der Waals surface area (Å²) in [4.78, 5) is 9.01. The lowest BCUT2D eigenvalue weighted by atomic mass is 10.3. The predicted molar refractivity (Wildman–Crippen MR) is 77.3 cm³/mol. The van der Waals surface area contributed by atoms with E-state index in [0.717, 1.165) is 27.2 Å². The molecule has 2 heterocycles. The fraction of sp³-hybridized carbons (Fsp3) is 0.333. The van der Waals surface area contributed by atoms with Crippen LogP contribution in [0.2, 0.25) is 0 Å². The van der Waals surface area contributed by atoms with Gasteiger partial charge in [-0.1, -0.05) is 0 Å². The molecule has 0 unspecified atom stereocenters. The summed E-state index contributed by atoms with van der Waals surface area (Å²) >= 11 is 2.23. The van der Waals surface area contributed by atoms with Gasteiger partial charge in [0.05, 0.1) is 27.7 Å². The molecule has 2 aromatic rings. The van der Waals surface area contributed by atoms with E-state index in [1.807, 2.05) is 13.0 Å². The van der Waals surface area contributed by atoms with Crippen molar-refractivity contribution in [2.45, 2.75) is 13.5 Å². The monoisotopic (exact) mass is 359 g/mol. The van der Waals surface area contributed by atoms with Gasteiger partial charge in [0.15, 0.2) is 5.82 Å². The Balaban J connectivity index is 2.47. The van der Waals surface area contributed by atoms with Crippen molar-refractivity contribution in [1.29, 1.82) is 0 Å². The van der Waals surface area contributed by atoms with E-state index in [1.54, 1.807) is 19.6 Å². The lowest BCUT2D eigenvalue weighted by Crippen LogP contribution is -2.08. The summed E-state index contributed by atoms with van der Waals surface area (Å²) in [6.07, 6.45) is 3.24. The maximum absolute atomic E-state index is 5.17. The highest BCUT2D eigenvalue weighted by molar-refractivity contribution is 14.1. The molecule has 0 aliphatic carbocycles. The number of hydrogen-bond acceptors (Lipinski definition) is 5. The van der Waals surface area contributed by atoms with Gasteiger partial charge in [-0.25, -0.2) is 9.97 Å². The van der Waals surface area contributed by atoms with Gasteiger partial charge < -0.3 is 14.5 Å². The van der Waals surface area contributed by atoms with Crippen LogP contribution in [0, 0.1) is 3.57 Å². The molecule has 1 N–H and O–H groups in total. The Bertz CT molecular complexity index is 487. The van der Waals surface area contributed by atoms with Gasteiger partial charge in [-0.15, -0.1) is 0 Å². The molecule has 0 saturated carbocycles. The summed E-state index contributed by atoms with van der Waals surface area (Å²) < 4.78 is 11.2. The average molecular weight is 359 g/mol. The van der Waals surface area contributed by atoms with Gasteiger partial charge in [0.1, 0.15) is 12.1 Å². The van der Waals surface area contributed by atoms with Crippen LogP contribution in [0.3, 0.4) is 0 Å². The van der Waals surface area contributed by atoms with Gasteiger partial charge in [-0.3, -0.25) is 0 Å². The quantitative estimate of drug-likeness (QED) is 0.832. The molecule has 0 atom stereocenters. The van der Waals surface area contributed by atoms with Crippen LogP contribution in [-0.2, 0) is 11.3 Å². The van der Waals surface area contributed by atoms with Gasteiger partial charge in [-0.05, 0) is 35.6 Å². The molecular weight excluding hydrogens is 345 g/mol. The van der Waals surface area contributed by atoms with E-state index in [1.165, 1.54) is 0 Å². The fourth-order valence-electron chi connectivity index (χ4n) is 1.53. The standard InChI is InChI=1S/C12H14IN3O2/c1-3-14-12-10(13)9(7-17-2)15-11(16-12)8-4-5-18-6-8/h4-6H,3,7H2,1-2H3,(H,14,15,16). The van der Waals surface area contributed by atoms with Crippen LogP contribution in [0.5, 0.6) is 0 Å². The third-order valence-electron chi connectivity index (χ3n) is 2.32. The number of ether oxygens (including phenoxy) is 1. The minimum Gasteiger partial charge on any atom is -0.472 e. The van der Waals surface area contributed by atoms with E-state index in [4.69, 9.17) is 9.15 Å². The lowest BCUT2D eigenvalue weighted by Gasteiger charge is -2.11. The van der Waals surface area contributed by atoms with Gasteiger partial charge >= 0.3 is 0 Å². The Labute approximate surface area is 119 Å². The second-order valence-corrected chi connectivity index (χ2v) is 4.71. The van der Waals surface area contributed by atoms with Crippen molar-refractivity contribution < 1.29 is 9.15 Å². The zero-order chi connectivity index (χ0) is 13.0. The summed E-state index contributed by atoms with van der Waals surface area (Å²) in [6, 6.07) is 1.84. The van der Waals surface area contributed by atoms with E-state index >= 15 is 0 Å². The minimum absolute atomic E-state index is 0.462. The number of nitrogens with one attached hydrogen (secondary N) is 1. The normalized spacial score (nSPS) is 10.6. The summed E-state index contributed by atoms with van der Waals surface area (Å²) in [5.41, 5.74) is 1.74. The largest absolute Gasteiger partial charge is 0.472 e. The maximum atomic E-state index is 5.17. The van der Waals surface area contributed by atoms with Crippen molar-refractivity contribution in [2.24, 2.45) is 0 Å². The molecule has 0 bridgehead atoms. The number of furan rings is 1. The molecule has 0 spiro atoms. The smallest absolute Gasteiger partial charge is 0.165 e. The summed E-state index contributed by atoms with van der Waals surface area (Å²) in [7, 11) is 1.66. The predicted octanol–water partition coefficient (Wildman–Crippen LogP) is 2.92. The molecule has 2 rings (SSSR count). The lowest BCUT2D eigenvalue weighted by molar-refractivity contribution is 0.181. The zero-order valence-electron chi connectivity index (χ0n) is 10.2. The van der Waals surface area contributed by atoms with Gasteiger partial charge in [0, 0.05) is 13.7 Å². The zero-order valence-corrected chi connectivity index (χ0v) is 12.4. The summed E-state index contributed by atoms with van der Waals surface area (Å²) in [6.45, 7) is 3.31. The molecule has 0 aliphatic rings. The highest BCUT2D eigenvalue weighted by Crippen LogP contribution is 2.24. The number of methoxy groups -OCH3 is 1. The van der Waals surface area contributed by atoms with E-state index in [0.29, 0.717) is 12.4 Å². The highest BCUT2D eigenvalue weighted by Gasteiger charge is 2.13. The second kappa shape index (κ2) is 6.14. The van der Waals surface area contributed by atoms with Crippen LogP contribution in [0.25, 0.3) is 11.4 Å². The number of rotatable bonds is 5.